The van der Waals surface area contributed by atoms with Gasteiger partial charge in [0.25, 0.3) is 11.8 Å². The third-order valence-corrected chi connectivity index (χ3v) is 6.50. The highest BCUT2D eigenvalue weighted by Gasteiger charge is 2.37. The molecule has 0 spiro atoms. The summed E-state index contributed by atoms with van der Waals surface area (Å²) in [6, 6.07) is 16.8. The fourth-order valence-electron chi connectivity index (χ4n) is 4.26. The molecule has 5 nitrogen and oxygen atoms in total. The molecule has 0 aromatic heterocycles. The van der Waals surface area contributed by atoms with Gasteiger partial charge in [0, 0.05) is 4.47 Å². The molecule has 1 saturated heterocycles. The first-order valence-corrected chi connectivity index (χ1v) is 11.8. The van der Waals surface area contributed by atoms with Crippen molar-refractivity contribution in [1.82, 2.24) is 5.32 Å². The van der Waals surface area contributed by atoms with E-state index in [0.717, 1.165) is 37.2 Å². The molecule has 34 heavy (non-hydrogen) atoms. The van der Waals surface area contributed by atoms with Crippen LogP contribution >= 0.6 is 15.9 Å². The minimum Gasteiger partial charge on any atom is -0.273 e. The number of urea groups is 1. The lowest BCUT2D eigenvalue weighted by molar-refractivity contribution is -0.122. The Hall–Kier alpha value is -3.51. The fraction of sp³-hybridized carbons (Fsp3) is 0.179. The van der Waals surface area contributed by atoms with Gasteiger partial charge in [0.15, 0.2) is 0 Å². The molecule has 4 amide bonds. The molecular weight excluding hydrogens is 492 g/mol. The van der Waals surface area contributed by atoms with Crippen molar-refractivity contribution in [2.45, 2.75) is 34.1 Å². The number of carbonyl (C=O) groups excluding carboxylic acids is 3. The van der Waals surface area contributed by atoms with Gasteiger partial charge in [0.1, 0.15) is 5.57 Å². The SMILES string of the molecule is Cc1cc(C)cc(Cc2ccc(Br)cc2/C=C2\C(=O)NC(=O)N(c3cccc(C)c3C)C2=O)c1. The monoisotopic (exact) mass is 516 g/mol. The number of aryl methyl sites for hydroxylation is 3. The van der Waals surface area contributed by atoms with Crippen LogP contribution in [0.15, 0.2) is 64.6 Å². The van der Waals surface area contributed by atoms with Crippen LogP contribution in [0, 0.1) is 27.7 Å². The first-order valence-electron chi connectivity index (χ1n) is 11.0. The molecule has 1 fully saturated rings. The van der Waals surface area contributed by atoms with Crippen molar-refractivity contribution >= 4 is 45.5 Å². The summed E-state index contributed by atoms with van der Waals surface area (Å²) in [5.41, 5.74) is 7.34. The lowest BCUT2D eigenvalue weighted by atomic mass is 9.95. The maximum absolute atomic E-state index is 13.4. The standard InChI is InChI=1S/C28H25BrN2O3/c1-16-10-17(2)12-20(11-16)13-21-8-9-23(29)14-22(21)15-24-26(32)30-28(34)31(27(24)33)25-7-5-6-18(3)19(25)4/h5-12,14-15H,13H2,1-4H3,(H,30,32,34)/b24-15+. The number of halogens is 1. The molecule has 0 atom stereocenters. The number of hydrogen-bond donors (Lipinski definition) is 1. The van der Waals surface area contributed by atoms with Crippen molar-refractivity contribution in [3.63, 3.8) is 0 Å². The van der Waals surface area contributed by atoms with Gasteiger partial charge in [-0.15, -0.1) is 0 Å². The van der Waals surface area contributed by atoms with E-state index in [4.69, 9.17) is 0 Å². The second-order valence-corrected chi connectivity index (χ2v) is 9.61. The van der Waals surface area contributed by atoms with Gasteiger partial charge in [-0.05, 0) is 86.2 Å². The predicted molar refractivity (Wildman–Crippen MR) is 138 cm³/mol. The molecule has 1 N–H and O–H groups in total. The number of barbiturate groups is 1. The van der Waals surface area contributed by atoms with Crippen LogP contribution in [-0.2, 0) is 16.0 Å². The normalized spacial score (nSPS) is 15.1. The molecule has 6 heteroatoms. The number of amides is 4. The van der Waals surface area contributed by atoms with Crippen LogP contribution in [-0.4, -0.2) is 17.8 Å². The van der Waals surface area contributed by atoms with Gasteiger partial charge in [-0.3, -0.25) is 14.9 Å². The summed E-state index contributed by atoms with van der Waals surface area (Å²) in [6.07, 6.45) is 2.22. The Morgan fingerprint density at radius 3 is 2.32 bits per heavy atom. The van der Waals surface area contributed by atoms with Crippen molar-refractivity contribution in [1.29, 1.82) is 0 Å². The maximum Gasteiger partial charge on any atom is 0.335 e. The minimum atomic E-state index is -0.745. The molecule has 0 bridgehead atoms. The van der Waals surface area contributed by atoms with Gasteiger partial charge in [0.2, 0.25) is 0 Å². The van der Waals surface area contributed by atoms with E-state index in [2.05, 4.69) is 53.3 Å². The smallest absolute Gasteiger partial charge is 0.273 e. The van der Waals surface area contributed by atoms with Gasteiger partial charge in [-0.25, -0.2) is 9.69 Å². The molecule has 1 heterocycles. The molecule has 0 unspecified atom stereocenters. The summed E-state index contributed by atoms with van der Waals surface area (Å²) in [5.74, 6) is -1.34. The second-order valence-electron chi connectivity index (χ2n) is 8.69. The van der Waals surface area contributed by atoms with E-state index in [-0.39, 0.29) is 5.57 Å². The Bertz CT molecular complexity index is 1350. The highest BCUT2D eigenvalue weighted by atomic mass is 79.9. The Morgan fingerprint density at radius 1 is 0.912 bits per heavy atom. The first-order chi connectivity index (χ1) is 16.1. The number of imide groups is 2. The van der Waals surface area contributed by atoms with E-state index < -0.39 is 17.8 Å². The van der Waals surface area contributed by atoms with E-state index in [1.807, 2.05) is 38.1 Å². The average Bonchev–Trinajstić information content (AvgIpc) is 2.75. The van der Waals surface area contributed by atoms with Crippen molar-refractivity contribution < 1.29 is 14.4 Å². The molecule has 3 aromatic rings. The van der Waals surface area contributed by atoms with Gasteiger partial charge >= 0.3 is 6.03 Å². The Labute approximate surface area is 207 Å². The predicted octanol–water partition coefficient (Wildman–Crippen LogP) is 5.94. The summed E-state index contributed by atoms with van der Waals surface area (Å²) in [6.45, 7) is 7.88. The van der Waals surface area contributed by atoms with Crippen LogP contribution in [0.4, 0.5) is 10.5 Å². The Morgan fingerprint density at radius 2 is 1.62 bits per heavy atom. The molecule has 1 aliphatic heterocycles. The highest BCUT2D eigenvalue weighted by molar-refractivity contribution is 9.10. The summed E-state index contributed by atoms with van der Waals surface area (Å²) in [7, 11) is 0. The Balaban J connectivity index is 1.77. The number of nitrogens with one attached hydrogen (secondary N) is 1. The quantitative estimate of drug-likeness (QED) is 0.344. The number of carbonyl (C=O) groups is 3. The zero-order valence-corrected chi connectivity index (χ0v) is 21.1. The third kappa shape index (κ3) is 4.73. The van der Waals surface area contributed by atoms with Crippen molar-refractivity contribution in [2.24, 2.45) is 0 Å². The van der Waals surface area contributed by atoms with Crippen molar-refractivity contribution in [3.05, 3.63) is 104 Å². The number of nitrogens with zero attached hydrogens (tertiary/aromatic N) is 1. The zero-order valence-electron chi connectivity index (χ0n) is 19.5. The van der Waals surface area contributed by atoms with Gasteiger partial charge < -0.3 is 0 Å². The number of hydrogen-bond acceptors (Lipinski definition) is 3. The largest absolute Gasteiger partial charge is 0.335 e. The highest BCUT2D eigenvalue weighted by Crippen LogP contribution is 2.28. The van der Waals surface area contributed by atoms with Gasteiger partial charge in [-0.2, -0.15) is 0 Å². The van der Waals surface area contributed by atoms with E-state index in [0.29, 0.717) is 12.1 Å². The summed E-state index contributed by atoms with van der Waals surface area (Å²) in [5, 5.41) is 2.32. The summed E-state index contributed by atoms with van der Waals surface area (Å²) < 4.78 is 0.828. The average molecular weight is 517 g/mol. The van der Waals surface area contributed by atoms with E-state index in [9.17, 15) is 14.4 Å². The molecule has 4 rings (SSSR count). The van der Waals surface area contributed by atoms with Crippen molar-refractivity contribution in [2.75, 3.05) is 4.90 Å². The summed E-state index contributed by atoms with van der Waals surface area (Å²) in [4.78, 5) is 39.8. The topological polar surface area (TPSA) is 66.5 Å². The second kappa shape index (κ2) is 9.39. The van der Waals surface area contributed by atoms with Crippen molar-refractivity contribution in [3.8, 4) is 0 Å². The summed E-state index contributed by atoms with van der Waals surface area (Å²) >= 11 is 3.50. The van der Waals surface area contributed by atoms with Gasteiger partial charge in [0.05, 0.1) is 5.69 Å². The van der Waals surface area contributed by atoms with Crippen LogP contribution in [0.3, 0.4) is 0 Å². The van der Waals surface area contributed by atoms with E-state index >= 15 is 0 Å². The molecule has 172 valence electrons. The lowest BCUT2D eigenvalue weighted by Crippen LogP contribution is -2.54. The Kier molecular flexibility index (Phi) is 6.53. The lowest BCUT2D eigenvalue weighted by Gasteiger charge is -2.28. The third-order valence-electron chi connectivity index (χ3n) is 6.00. The molecular formula is C28H25BrN2O3. The van der Waals surface area contributed by atoms with Gasteiger partial charge in [-0.1, -0.05) is 63.5 Å². The molecule has 0 saturated carbocycles. The minimum absolute atomic E-state index is 0.0831. The number of rotatable bonds is 4. The van der Waals surface area contributed by atoms with E-state index in [1.54, 1.807) is 18.2 Å². The van der Waals surface area contributed by atoms with Crippen LogP contribution in [0.5, 0.6) is 0 Å². The molecule has 1 aliphatic rings. The van der Waals surface area contributed by atoms with Crippen LogP contribution in [0.2, 0.25) is 0 Å². The van der Waals surface area contributed by atoms with E-state index in [1.165, 1.54) is 11.1 Å². The number of anilines is 1. The first kappa shape index (κ1) is 23.6. The zero-order chi connectivity index (χ0) is 24.6. The molecule has 0 aliphatic carbocycles. The maximum atomic E-state index is 13.4. The number of benzene rings is 3. The van der Waals surface area contributed by atoms with Crippen LogP contribution in [0.1, 0.15) is 38.9 Å². The van der Waals surface area contributed by atoms with Crippen LogP contribution in [0.25, 0.3) is 6.08 Å². The molecule has 3 aromatic carbocycles. The molecule has 0 radical (unpaired) electrons. The van der Waals surface area contributed by atoms with Crippen LogP contribution < -0.4 is 10.2 Å². The fourth-order valence-corrected chi connectivity index (χ4v) is 4.64.